The Kier molecular flexibility index (Phi) is 9.31. The van der Waals surface area contributed by atoms with Crippen LogP contribution in [0.25, 0.3) is 5.69 Å². The second-order valence-electron chi connectivity index (χ2n) is 11.8. The number of carbonyl (C=O) groups is 2. The lowest BCUT2D eigenvalue weighted by Crippen LogP contribution is -2.48. The number of anilines is 1. The van der Waals surface area contributed by atoms with Gasteiger partial charge in [0, 0.05) is 61.4 Å². The largest absolute Gasteiger partial charge is 0.337 e. The highest BCUT2D eigenvalue weighted by Crippen LogP contribution is 2.26. The molecular weight excluding hydrogens is 550 g/mol. The molecular formula is C35H41N7O2. The monoisotopic (exact) mass is 591 g/mol. The number of aromatic nitrogens is 3. The molecule has 228 valence electrons. The molecule has 0 saturated carbocycles. The number of amides is 3. The van der Waals surface area contributed by atoms with Crippen molar-refractivity contribution in [2.75, 3.05) is 31.5 Å². The van der Waals surface area contributed by atoms with Gasteiger partial charge in [0.15, 0.2) is 5.69 Å². The van der Waals surface area contributed by atoms with Crippen LogP contribution in [0.1, 0.15) is 65.0 Å². The summed E-state index contributed by atoms with van der Waals surface area (Å²) in [6.07, 6.45) is 10.0. The number of benzene rings is 2. The fraction of sp³-hybridized carbons (Fsp3) is 0.371. The number of hydrogen-bond donors (Lipinski definition) is 2. The maximum absolute atomic E-state index is 14.0. The molecule has 2 aromatic carbocycles. The third-order valence-electron chi connectivity index (χ3n) is 8.87. The minimum Gasteiger partial charge on any atom is -0.337 e. The van der Waals surface area contributed by atoms with Crippen LogP contribution in [-0.4, -0.2) is 68.7 Å². The molecule has 2 fully saturated rings. The summed E-state index contributed by atoms with van der Waals surface area (Å²) in [6, 6.07) is 21.8. The molecule has 4 aromatic rings. The van der Waals surface area contributed by atoms with E-state index >= 15 is 0 Å². The van der Waals surface area contributed by atoms with Crippen LogP contribution in [0.5, 0.6) is 0 Å². The zero-order chi connectivity index (χ0) is 30.3. The minimum atomic E-state index is -0.293. The normalized spacial score (nSPS) is 16.1. The van der Waals surface area contributed by atoms with Gasteiger partial charge >= 0.3 is 6.03 Å². The van der Waals surface area contributed by atoms with Crippen LogP contribution >= 0.6 is 0 Å². The summed E-state index contributed by atoms with van der Waals surface area (Å²) in [7, 11) is 0. The number of urea groups is 1. The molecule has 0 unspecified atom stereocenters. The average Bonchev–Trinajstić information content (AvgIpc) is 3.40. The van der Waals surface area contributed by atoms with Gasteiger partial charge in [-0.1, -0.05) is 42.8 Å². The molecule has 0 spiro atoms. The fourth-order valence-corrected chi connectivity index (χ4v) is 6.38. The van der Waals surface area contributed by atoms with E-state index in [9.17, 15) is 9.59 Å². The van der Waals surface area contributed by atoms with Gasteiger partial charge in [-0.15, -0.1) is 0 Å². The van der Waals surface area contributed by atoms with Gasteiger partial charge in [0.25, 0.3) is 5.91 Å². The molecule has 2 aromatic heterocycles. The SMILES string of the molecule is Cc1c(Cc2ccccc2)c(C(=O)N2CCC(N3CCCCC3)CC2)nn1-c1ccc(NC(=O)NCc2cccnc2)cc1. The minimum absolute atomic E-state index is 0.0125. The Labute approximate surface area is 259 Å². The molecule has 2 N–H and O–H groups in total. The number of pyridine rings is 1. The lowest BCUT2D eigenvalue weighted by Gasteiger charge is -2.40. The average molecular weight is 592 g/mol. The Bertz CT molecular complexity index is 1540. The van der Waals surface area contributed by atoms with Crippen molar-refractivity contribution in [2.24, 2.45) is 0 Å². The number of hydrogen-bond acceptors (Lipinski definition) is 5. The molecule has 0 radical (unpaired) electrons. The van der Waals surface area contributed by atoms with Crippen LogP contribution < -0.4 is 10.6 Å². The Morgan fingerprint density at radius 1 is 0.864 bits per heavy atom. The molecule has 9 heteroatoms. The maximum Gasteiger partial charge on any atom is 0.319 e. The molecule has 6 rings (SSSR count). The van der Waals surface area contributed by atoms with Crippen molar-refractivity contribution < 1.29 is 9.59 Å². The van der Waals surface area contributed by atoms with E-state index in [0.29, 0.717) is 30.4 Å². The summed E-state index contributed by atoms with van der Waals surface area (Å²) >= 11 is 0. The highest BCUT2D eigenvalue weighted by Gasteiger charge is 2.31. The molecule has 2 aliphatic rings. The van der Waals surface area contributed by atoms with E-state index in [2.05, 4.69) is 32.7 Å². The number of nitrogens with zero attached hydrogens (tertiary/aromatic N) is 5. The van der Waals surface area contributed by atoms with Crippen molar-refractivity contribution in [3.05, 3.63) is 107 Å². The van der Waals surface area contributed by atoms with Gasteiger partial charge in [0.1, 0.15) is 0 Å². The van der Waals surface area contributed by atoms with E-state index in [0.717, 1.165) is 54.0 Å². The third-order valence-corrected chi connectivity index (χ3v) is 8.87. The van der Waals surface area contributed by atoms with Crippen molar-refractivity contribution in [1.29, 1.82) is 0 Å². The first-order valence-electron chi connectivity index (χ1n) is 15.7. The van der Waals surface area contributed by atoms with Crippen molar-refractivity contribution in [2.45, 2.75) is 58.0 Å². The number of rotatable bonds is 8. The molecule has 0 bridgehead atoms. The van der Waals surface area contributed by atoms with E-state index in [1.165, 1.54) is 32.4 Å². The zero-order valence-corrected chi connectivity index (χ0v) is 25.4. The summed E-state index contributed by atoms with van der Waals surface area (Å²) in [6.45, 7) is 6.32. The first kappa shape index (κ1) is 29.6. The molecule has 2 saturated heterocycles. The molecule has 2 aliphatic heterocycles. The highest BCUT2D eigenvalue weighted by molar-refractivity contribution is 5.94. The summed E-state index contributed by atoms with van der Waals surface area (Å²) in [5, 5.41) is 10.7. The van der Waals surface area contributed by atoms with Crippen molar-refractivity contribution >= 4 is 17.6 Å². The predicted molar refractivity (Wildman–Crippen MR) is 172 cm³/mol. The standard InChI is InChI=1S/C35H41N7O2/c1-26-32(23-27-9-4-2-5-10-27)33(34(43)41-21-16-30(17-22-41)40-19-6-3-7-20-40)39-42(26)31-14-12-29(13-15-31)38-35(44)37-25-28-11-8-18-36-24-28/h2,4-5,8-15,18,24,30H,3,6-7,16-17,19-23,25H2,1H3,(H2,37,38,44). The molecule has 0 aliphatic carbocycles. The molecule has 0 atom stereocenters. The van der Waals surface area contributed by atoms with Crippen LogP contribution in [-0.2, 0) is 13.0 Å². The lowest BCUT2D eigenvalue weighted by atomic mass is 9.98. The number of nitrogens with one attached hydrogen (secondary N) is 2. The van der Waals surface area contributed by atoms with Crippen molar-refractivity contribution in [3.63, 3.8) is 0 Å². The maximum atomic E-state index is 14.0. The van der Waals surface area contributed by atoms with Gasteiger partial charge in [-0.05, 0) is 87.2 Å². The fourth-order valence-electron chi connectivity index (χ4n) is 6.38. The smallest absolute Gasteiger partial charge is 0.319 e. The van der Waals surface area contributed by atoms with E-state index in [4.69, 9.17) is 5.10 Å². The Balaban J connectivity index is 1.17. The van der Waals surface area contributed by atoms with E-state index in [1.807, 2.05) is 71.1 Å². The summed E-state index contributed by atoms with van der Waals surface area (Å²) in [5.41, 5.74) is 5.99. The lowest BCUT2D eigenvalue weighted by molar-refractivity contribution is 0.0583. The van der Waals surface area contributed by atoms with E-state index < -0.39 is 0 Å². The Morgan fingerprint density at radius 2 is 1.59 bits per heavy atom. The molecule has 4 heterocycles. The first-order chi connectivity index (χ1) is 21.5. The topological polar surface area (TPSA) is 95.4 Å². The van der Waals surface area contributed by atoms with Gasteiger partial charge < -0.3 is 20.4 Å². The quantitative estimate of drug-likeness (QED) is 0.279. The van der Waals surface area contributed by atoms with E-state index in [1.54, 1.807) is 12.4 Å². The second kappa shape index (κ2) is 13.9. The van der Waals surface area contributed by atoms with Crippen molar-refractivity contribution in [3.8, 4) is 5.69 Å². The van der Waals surface area contributed by atoms with Gasteiger partial charge in [-0.25, -0.2) is 9.48 Å². The molecule has 44 heavy (non-hydrogen) atoms. The van der Waals surface area contributed by atoms with Crippen LogP contribution in [0.15, 0.2) is 79.1 Å². The Morgan fingerprint density at radius 3 is 2.30 bits per heavy atom. The zero-order valence-electron chi connectivity index (χ0n) is 25.4. The second-order valence-corrected chi connectivity index (χ2v) is 11.8. The van der Waals surface area contributed by atoms with Crippen LogP contribution in [0.3, 0.4) is 0 Å². The summed E-state index contributed by atoms with van der Waals surface area (Å²) in [4.78, 5) is 35.2. The number of carbonyl (C=O) groups excluding carboxylic acids is 2. The third kappa shape index (κ3) is 7.00. The van der Waals surface area contributed by atoms with Crippen LogP contribution in [0.2, 0.25) is 0 Å². The highest BCUT2D eigenvalue weighted by atomic mass is 16.2. The number of likely N-dealkylation sites (tertiary alicyclic amines) is 2. The summed E-state index contributed by atoms with van der Waals surface area (Å²) < 4.78 is 1.86. The molecule has 3 amide bonds. The van der Waals surface area contributed by atoms with Crippen LogP contribution in [0.4, 0.5) is 10.5 Å². The van der Waals surface area contributed by atoms with Gasteiger partial charge in [0.2, 0.25) is 0 Å². The van der Waals surface area contributed by atoms with Gasteiger partial charge in [-0.3, -0.25) is 9.78 Å². The summed E-state index contributed by atoms with van der Waals surface area (Å²) in [5.74, 6) is 0.0125. The number of piperidine rings is 2. The Hall–Kier alpha value is -4.50. The predicted octanol–water partition coefficient (Wildman–Crippen LogP) is 5.58. The van der Waals surface area contributed by atoms with E-state index in [-0.39, 0.29) is 11.9 Å². The van der Waals surface area contributed by atoms with Gasteiger partial charge in [-0.2, -0.15) is 5.10 Å². The molecule has 9 nitrogen and oxygen atoms in total. The van der Waals surface area contributed by atoms with Crippen LogP contribution in [0, 0.1) is 6.92 Å². The van der Waals surface area contributed by atoms with Crippen molar-refractivity contribution in [1.82, 2.24) is 29.9 Å². The first-order valence-corrected chi connectivity index (χ1v) is 15.7. The van der Waals surface area contributed by atoms with Gasteiger partial charge in [0.05, 0.1) is 5.69 Å².